The summed E-state index contributed by atoms with van der Waals surface area (Å²) >= 11 is 0. The highest BCUT2D eigenvalue weighted by Gasteiger charge is 2.23. The van der Waals surface area contributed by atoms with E-state index < -0.39 is 22.2 Å². The van der Waals surface area contributed by atoms with E-state index in [1.807, 2.05) is 0 Å². The number of benzene rings is 1. The lowest BCUT2D eigenvalue weighted by Gasteiger charge is -2.06. The Morgan fingerprint density at radius 1 is 1.31 bits per heavy atom. The van der Waals surface area contributed by atoms with Crippen LogP contribution >= 0.6 is 0 Å². The normalized spacial score (nSPS) is 10.9. The molecular formula is C19H18N4O6. The number of aromatic nitrogens is 3. The highest BCUT2D eigenvalue weighted by Crippen LogP contribution is 2.20. The number of rotatable bonds is 6. The third-order valence-corrected chi connectivity index (χ3v) is 4.53. The summed E-state index contributed by atoms with van der Waals surface area (Å²) in [5, 5.41) is 11.0. The molecule has 0 saturated heterocycles. The first-order valence-corrected chi connectivity index (χ1v) is 8.77. The molecule has 29 heavy (non-hydrogen) atoms. The number of hydrogen-bond acceptors (Lipinski definition) is 7. The first-order chi connectivity index (χ1) is 13.7. The maximum absolute atomic E-state index is 12.8. The van der Waals surface area contributed by atoms with Gasteiger partial charge in [-0.15, -0.1) is 0 Å². The third kappa shape index (κ3) is 3.64. The summed E-state index contributed by atoms with van der Waals surface area (Å²) in [6.45, 7) is 4.82. The Labute approximate surface area is 164 Å². The van der Waals surface area contributed by atoms with Crippen LogP contribution in [0.4, 0.5) is 5.69 Å². The van der Waals surface area contributed by atoms with Gasteiger partial charge in [0.25, 0.3) is 11.2 Å². The van der Waals surface area contributed by atoms with Gasteiger partial charge in [-0.3, -0.25) is 24.3 Å². The van der Waals surface area contributed by atoms with Crippen LogP contribution in [0.25, 0.3) is 10.9 Å². The molecule has 2 heterocycles. The average molecular weight is 398 g/mol. The van der Waals surface area contributed by atoms with Crippen molar-refractivity contribution in [3.8, 4) is 0 Å². The SMILES string of the molecule is CCOC(=O)c1c(C)[nH]c(C(=O)Cn2cnc3ccc([N+](=O)[O-])cc3c2=O)c1C. The van der Waals surface area contributed by atoms with Gasteiger partial charge in [-0.05, 0) is 32.4 Å². The van der Waals surface area contributed by atoms with E-state index in [4.69, 9.17) is 4.74 Å². The Morgan fingerprint density at radius 2 is 2.03 bits per heavy atom. The Kier molecular flexibility index (Phi) is 5.26. The van der Waals surface area contributed by atoms with Crippen LogP contribution in [-0.4, -0.2) is 37.8 Å². The van der Waals surface area contributed by atoms with Gasteiger partial charge in [0.05, 0.1) is 46.6 Å². The summed E-state index contributed by atoms with van der Waals surface area (Å²) in [5.74, 6) is -0.968. The number of aromatic amines is 1. The number of esters is 1. The Hall–Kier alpha value is -3.82. The molecule has 2 aromatic heterocycles. The number of aryl methyl sites for hydroxylation is 1. The molecule has 10 heteroatoms. The van der Waals surface area contributed by atoms with Crippen LogP contribution in [-0.2, 0) is 11.3 Å². The van der Waals surface area contributed by atoms with E-state index >= 15 is 0 Å². The van der Waals surface area contributed by atoms with Crippen LogP contribution in [0, 0.1) is 24.0 Å². The zero-order chi connectivity index (χ0) is 21.3. The van der Waals surface area contributed by atoms with E-state index in [9.17, 15) is 24.5 Å². The molecule has 3 aromatic rings. The maximum Gasteiger partial charge on any atom is 0.340 e. The minimum absolute atomic E-state index is 0.0427. The number of hydrogen-bond donors (Lipinski definition) is 1. The fourth-order valence-corrected chi connectivity index (χ4v) is 3.15. The standard InChI is InChI=1S/C19H18N4O6/c1-4-29-19(26)16-10(2)17(21-11(16)3)15(24)8-22-9-20-14-6-5-12(23(27)28)7-13(14)18(22)25/h5-7,9,21H,4,8H2,1-3H3. The largest absolute Gasteiger partial charge is 0.462 e. The third-order valence-electron chi connectivity index (χ3n) is 4.53. The van der Waals surface area contributed by atoms with Crippen molar-refractivity contribution in [3.05, 3.63) is 67.5 Å². The molecule has 150 valence electrons. The number of nitrogens with one attached hydrogen (secondary N) is 1. The molecular weight excluding hydrogens is 380 g/mol. The van der Waals surface area contributed by atoms with Crippen LogP contribution in [0.15, 0.2) is 29.3 Å². The van der Waals surface area contributed by atoms with Crippen LogP contribution < -0.4 is 5.56 Å². The summed E-state index contributed by atoms with van der Waals surface area (Å²) in [4.78, 5) is 54.9. The maximum atomic E-state index is 12.8. The van der Waals surface area contributed by atoms with Gasteiger partial charge in [0.2, 0.25) is 0 Å². The molecule has 1 aromatic carbocycles. The molecule has 0 bridgehead atoms. The molecule has 0 atom stereocenters. The molecule has 0 aliphatic heterocycles. The number of nitrogens with zero attached hydrogens (tertiary/aromatic N) is 3. The fourth-order valence-electron chi connectivity index (χ4n) is 3.15. The number of H-pyrrole nitrogens is 1. The summed E-state index contributed by atoms with van der Waals surface area (Å²) in [6, 6.07) is 3.77. The number of ether oxygens (including phenoxy) is 1. The second-order valence-electron chi connectivity index (χ2n) is 6.40. The van der Waals surface area contributed by atoms with E-state index in [-0.39, 0.29) is 35.5 Å². The molecule has 3 rings (SSSR count). The van der Waals surface area contributed by atoms with Gasteiger partial charge in [0.15, 0.2) is 5.78 Å². The molecule has 0 saturated carbocycles. The molecule has 0 amide bonds. The molecule has 0 unspecified atom stereocenters. The molecule has 0 aliphatic rings. The number of fused-ring (bicyclic) bond motifs is 1. The van der Waals surface area contributed by atoms with Gasteiger partial charge >= 0.3 is 5.97 Å². The van der Waals surface area contributed by atoms with Crippen molar-refractivity contribution >= 4 is 28.3 Å². The molecule has 0 spiro atoms. The molecule has 0 aliphatic carbocycles. The summed E-state index contributed by atoms with van der Waals surface area (Å²) < 4.78 is 6.09. The van der Waals surface area contributed by atoms with Crippen LogP contribution in [0.1, 0.15) is 39.0 Å². The van der Waals surface area contributed by atoms with E-state index in [0.29, 0.717) is 16.8 Å². The predicted octanol–water partition coefficient (Wildman–Crippen LogP) is 2.31. The minimum atomic E-state index is -0.608. The van der Waals surface area contributed by atoms with Gasteiger partial charge in [-0.2, -0.15) is 0 Å². The minimum Gasteiger partial charge on any atom is -0.462 e. The average Bonchev–Trinajstić information content (AvgIpc) is 2.98. The van der Waals surface area contributed by atoms with Crippen molar-refractivity contribution in [2.45, 2.75) is 27.3 Å². The number of Topliss-reactive ketones (excluding diaryl/α,β-unsaturated/α-hetero) is 1. The smallest absolute Gasteiger partial charge is 0.340 e. The zero-order valence-corrected chi connectivity index (χ0v) is 16.0. The van der Waals surface area contributed by atoms with Gasteiger partial charge in [0.1, 0.15) is 0 Å². The molecule has 0 fully saturated rings. The van der Waals surface area contributed by atoms with Crippen LogP contribution in [0.3, 0.4) is 0 Å². The number of ketones is 1. The number of nitro groups is 1. The van der Waals surface area contributed by atoms with Crippen molar-refractivity contribution in [1.29, 1.82) is 0 Å². The lowest BCUT2D eigenvalue weighted by atomic mass is 10.1. The number of nitro benzene ring substituents is 1. The molecule has 10 nitrogen and oxygen atoms in total. The molecule has 0 radical (unpaired) electrons. The van der Waals surface area contributed by atoms with Crippen LogP contribution in [0.5, 0.6) is 0 Å². The predicted molar refractivity (Wildman–Crippen MR) is 103 cm³/mol. The van der Waals surface area contributed by atoms with Crippen LogP contribution in [0.2, 0.25) is 0 Å². The Balaban J connectivity index is 1.97. The zero-order valence-electron chi connectivity index (χ0n) is 16.0. The highest BCUT2D eigenvalue weighted by atomic mass is 16.6. The van der Waals surface area contributed by atoms with Crippen molar-refractivity contribution in [3.63, 3.8) is 0 Å². The van der Waals surface area contributed by atoms with Gasteiger partial charge < -0.3 is 9.72 Å². The molecule has 1 N–H and O–H groups in total. The lowest BCUT2D eigenvalue weighted by Crippen LogP contribution is -2.25. The van der Waals surface area contributed by atoms with Crippen molar-refractivity contribution in [1.82, 2.24) is 14.5 Å². The van der Waals surface area contributed by atoms with Gasteiger partial charge in [-0.1, -0.05) is 0 Å². The fraction of sp³-hybridized carbons (Fsp3) is 0.263. The Morgan fingerprint density at radius 3 is 2.69 bits per heavy atom. The second-order valence-corrected chi connectivity index (χ2v) is 6.40. The van der Waals surface area contributed by atoms with E-state index in [1.165, 1.54) is 18.5 Å². The number of carbonyl (C=O) groups is 2. The van der Waals surface area contributed by atoms with E-state index in [0.717, 1.165) is 10.6 Å². The topological polar surface area (TPSA) is 137 Å². The first kappa shape index (κ1) is 19.9. The van der Waals surface area contributed by atoms with Crippen molar-refractivity contribution < 1.29 is 19.2 Å². The quantitative estimate of drug-likeness (QED) is 0.291. The Bertz CT molecular complexity index is 1210. The monoisotopic (exact) mass is 398 g/mol. The first-order valence-electron chi connectivity index (χ1n) is 8.77. The number of non-ortho nitro benzene ring substituents is 1. The summed E-state index contributed by atoms with van der Waals surface area (Å²) in [6.07, 6.45) is 1.21. The second kappa shape index (κ2) is 7.66. The summed E-state index contributed by atoms with van der Waals surface area (Å²) in [7, 11) is 0. The van der Waals surface area contributed by atoms with Gasteiger partial charge in [0, 0.05) is 17.8 Å². The van der Waals surface area contributed by atoms with Gasteiger partial charge in [-0.25, -0.2) is 9.78 Å². The van der Waals surface area contributed by atoms with E-state index in [2.05, 4.69) is 9.97 Å². The van der Waals surface area contributed by atoms with Crippen molar-refractivity contribution in [2.24, 2.45) is 0 Å². The summed E-state index contributed by atoms with van der Waals surface area (Å²) in [5.41, 5.74) is 0.883. The van der Waals surface area contributed by atoms with Crippen molar-refractivity contribution in [2.75, 3.05) is 6.61 Å². The highest BCUT2D eigenvalue weighted by molar-refractivity contribution is 6.01. The van der Waals surface area contributed by atoms with E-state index in [1.54, 1.807) is 20.8 Å². The lowest BCUT2D eigenvalue weighted by molar-refractivity contribution is -0.384. The number of carbonyl (C=O) groups excluding carboxylic acids is 2.